The van der Waals surface area contributed by atoms with E-state index >= 15 is 0 Å². The molecule has 0 aromatic rings. The Bertz CT molecular complexity index is 440. The molecular formula is C17H22O3. The van der Waals surface area contributed by atoms with Gasteiger partial charge in [-0.1, -0.05) is 44.3 Å². The maximum atomic E-state index is 11.0. The molecule has 0 aliphatic carbocycles. The fraction of sp³-hybridized carbons (Fsp3) is 0.471. The van der Waals surface area contributed by atoms with E-state index < -0.39 is 6.10 Å². The highest BCUT2D eigenvalue weighted by molar-refractivity contribution is 5.66. The van der Waals surface area contributed by atoms with E-state index in [2.05, 4.69) is 37.2 Å². The van der Waals surface area contributed by atoms with Crippen LogP contribution < -0.4 is 0 Å². The lowest BCUT2D eigenvalue weighted by molar-refractivity contribution is -0.144. The Kier molecular flexibility index (Phi) is 10.9. The van der Waals surface area contributed by atoms with Gasteiger partial charge in [0.25, 0.3) is 0 Å². The van der Waals surface area contributed by atoms with Gasteiger partial charge in [-0.25, -0.2) is 0 Å². The van der Waals surface area contributed by atoms with Crippen LogP contribution in [0.1, 0.15) is 39.5 Å². The standard InChI is InChI=1S/C17H22O3/c1-4-6-9-13-17(20-15(3)18)14-11-8-7-10-12-16(19)5-2/h5,11,14,16-17,19H,2,4,6,9,13H2,1,3H3/b14-11+/t16-,17+/m0/s1. The van der Waals surface area contributed by atoms with E-state index in [0.29, 0.717) is 0 Å². The van der Waals surface area contributed by atoms with Crippen LogP contribution in [0.15, 0.2) is 24.8 Å². The third-order valence-electron chi connectivity index (χ3n) is 2.38. The Labute approximate surface area is 121 Å². The number of rotatable bonds is 7. The molecule has 0 fully saturated rings. The van der Waals surface area contributed by atoms with E-state index in [4.69, 9.17) is 9.84 Å². The van der Waals surface area contributed by atoms with E-state index in [1.54, 1.807) is 12.2 Å². The molecule has 2 atom stereocenters. The number of carbonyl (C=O) groups is 1. The molecule has 0 saturated heterocycles. The van der Waals surface area contributed by atoms with Crippen LogP contribution in [0, 0.1) is 23.7 Å². The number of ether oxygens (including phenoxy) is 1. The van der Waals surface area contributed by atoms with Gasteiger partial charge >= 0.3 is 5.97 Å². The van der Waals surface area contributed by atoms with Gasteiger partial charge in [0, 0.05) is 6.92 Å². The summed E-state index contributed by atoms with van der Waals surface area (Å²) in [5.74, 6) is 10.0. The highest BCUT2D eigenvalue weighted by Gasteiger charge is 2.06. The first-order chi connectivity index (χ1) is 9.60. The first-order valence-corrected chi connectivity index (χ1v) is 6.75. The highest BCUT2D eigenvalue weighted by Crippen LogP contribution is 2.08. The second-order valence-electron chi connectivity index (χ2n) is 4.22. The molecule has 0 bridgehead atoms. The van der Waals surface area contributed by atoms with Crippen LogP contribution in [0.3, 0.4) is 0 Å². The number of aliphatic hydroxyl groups is 1. The van der Waals surface area contributed by atoms with Crippen LogP contribution in [0.5, 0.6) is 0 Å². The van der Waals surface area contributed by atoms with Gasteiger partial charge in [-0.05, 0) is 36.8 Å². The lowest BCUT2D eigenvalue weighted by Gasteiger charge is -2.11. The Hall–Kier alpha value is -1.97. The second-order valence-corrected chi connectivity index (χ2v) is 4.22. The molecule has 1 N–H and O–H groups in total. The van der Waals surface area contributed by atoms with Crippen LogP contribution in [-0.4, -0.2) is 23.3 Å². The molecule has 20 heavy (non-hydrogen) atoms. The summed E-state index contributed by atoms with van der Waals surface area (Å²) in [6.45, 7) is 6.92. The molecule has 0 aliphatic rings. The van der Waals surface area contributed by atoms with Gasteiger partial charge in [-0.3, -0.25) is 4.79 Å². The third-order valence-corrected chi connectivity index (χ3v) is 2.38. The van der Waals surface area contributed by atoms with Gasteiger partial charge in [-0.2, -0.15) is 0 Å². The van der Waals surface area contributed by atoms with Crippen LogP contribution in [0.25, 0.3) is 0 Å². The van der Waals surface area contributed by atoms with Crippen LogP contribution in [0.4, 0.5) is 0 Å². The van der Waals surface area contributed by atoms with Crippen LogP contribution in [0.2, 0.25) is 0 Å². The van der Waals surface area contributed by atoms with E-state index in [9.17, 15) is 4.79 Å². The molecule has 0 rings (SSSR count). The topological polar surface area (TPSA) is 46.5 Å². The number of carbonyl (C=O) groups excluding carboxylic acids is 1. The van der Waals surface area contributed by atoms with E-state index in [1.807, 2.05) is 0 Å². The summed E-state index contributed by atoms with van der Waals surface area (Å²) in [6, 6.07) is 0. The van der Waals surface area contributed by atoms with Crippen molar-refractivity contribution in [2.75, 3.05) is 0 Å². The lowest BCUT2D eigenvalue weighted by Crippen LogP contribution is -2.13. The van der Waals surface area contributed by atoms with Gasteiger partial charge in [-0.15, -0.1) is 0 Å². The summed E-state index contributed by atoms with van der Waals surface area (Å²) in [5, 5.41) is 9.09. The first-order valence-electron chi connectivity index (χ1n) is 6.75. The Morgan fingerprint density at radius 1 is 1.40 bits per heavy atom. The molecule has 0 saturated carbocycles. The first kappa shape index (κ1) is 18.0. The maximum absolute atomic E-state index is 11.0. The molecule has 0 spiro atoms. The number of allylic oxidation sites excluding steroid dienone is 1. The van der Waals surface area contributed by atoms with Gasteiger partial charge in [0.05, 0.1) is 0 Å². The summed E-state index contributed by atoms with van der Waals surface area (Å²) >= 11 is 0. The number of esters is 1. The third kappa shape index (κ3) is 11.1. The molecule has 0 aromatic heterocycles. The van der Waals surface area contributed by atoms with E-state index in [-0.39, 0.29) is 12.1 Å². The van der Waals surface area contributed by atoms with Crippen molar-refractivity contribution in [1.82, 2.24) is 0 Å². The molecule has 0 aromatic carbocycles. The fourth-order valence-electron chi connectivity index (χ4n) is 1.41. The van der Waals surface area contributed by atoms with Gasteiger partial charge in [0.2, 0.25) is 0 Å². The predicted molar refractivity (Wildman–Crippen MR) is 80.6 cm³/mol. The summed E-state index contributed by atoms with van der Waals surface area (Å²) in [4.78, 5) is 11.0. The summed E-state index contributed by atoms with van der Waals surface area (Å²) in [6.07, 6.45) is 7.67. The van der Waals surface area contributed by atoms with E-state index in [1.165, 1.54) is 13.0 Å². The molecule has 3 heteroatoms. The smallest absolute Gasteiger partial charge is 0.303 e. The number of hydrogen-bond acceptors (Lipinski definition) is 3. The normalized spacial score (nSPS) is 12.6. The van der Waals surface area contributed by atoms with Crippen molar-refractivity contribution in [3.63, 3.8) is 0 Å². The monoisotopic (exact) mass is 274 g/mol. The maximum Gasteiger partial charge on any atom is 0.303 e. The Morgan fingerprint density at radius 2 is 2.15 bits per heavy atom. The Balaban J connectivity index is 4.36. The minimum Gasteiger partial charge on any atom is -0.458 e. The van der Waals surface area contributed by atoms with E-state index in [0.717, 1.165) is 25.7 Å². The van der Waals surface area contributed by atoms with Crippen LogP contribution >= 0.6 is 0 Å². The zero-order valence-corrected chi connectivity index (χ0v) is 12.2. The highest BCUT2D eigenvalue weighted by atomic mass is 16.5. The van der Waals surface area contributed by atoms with Crippen molar-refractivity contribution in [3.8, 4) is 23.7 Å². The van der Waals surface area contributed by atoms with Crippen molar-refractivity contribution in [2.24, 2.45) is 0 Å². The molecule has 0 amide bonds. The summed E-state index contributed by atoms with van der Waals surface area (Å²) in [7, 11) is 0. The van der Waals surface area contributed by atoms with Crippen molar-refractivity contribution in [1.29, 1.82) is 0 Å². The predicted octanol–water partition coefficient (Wildman–Crippen LogP) is 2.61. The average molecular weight is 274 g/mol. The van der Waals surface area contributed by atoms with Crippen molar-refractivity contribution in [2.45, 2.75) is 51.7 Å². The van der Waals surface area contributed by atoms with Crippen molar-refractivity contribution in [3.05, 3.63) is 24.8 Å². The molecule has 108 valence electrons. The summed E-state index contributed by atoms with van der Waals surface area (Å²) in [5.41, 5.74) is 0. The number of aliphatic hydroxyl groups excluding tert-OH is 1. The number of hydrogen-bond donors (Lipinski definition) is 1. The van der Waals surface area contributed by atoms with Crippen LogP contribution in [-0.2, 0) is 9.53 Å². The number of unbranched alkanes of at least 4 members (excludes halogenated alkanes) is 2. The lowest BCUT2D eigenvalue weighted by atomic mass is 10.1. The van der Waals surface area contributed by atoms with Crippen molar-refractivity contribution < 1.29 is 14.6 Å². The molecule has 3 nitrogen and oxygen atoms in total. The molecule has 0 heterocycles. The SMILES string of the molecule is C=C[C@H](O)C#CC#C/C=C/[C@@H](CCCCC)OC(C)=O. The zero-order chi connectivity index (χ0) is 15.2. The quantitative estimate of drug-likeness (QED) is 0.336. The minimum atomic E-state index is -0.851. The van der Waals surface area contributed by atoms with Gasteiger partial charge in [0.15, 0.2) is 0 Å². The second kappa shape index (κ2) is 12.1. The largest absolute Gasteiger partial charge is 0.458 e. The minimum absolute atomic E-state index is 0.236. The fourth-order valence-corrected chi connectivity index (χ4v) is 1.41. The zero-order valence-electron chi connectivity index (χ0n) is 12.2. The molecule has 0 aliphatic heterocycles. The molecule has 0 radical (unpaired) electrons. The molecule has 0 unspecified atom stereocenters. The van der Waals surface area contributed by atoms with Gasteiger partial charge in [0.1, 0.15) is 12.2 Å². The Morgan fingerprint density at radius 3 is 2.75 bits per heavy atom. The van der Waals surface area contributed by atoms with Crippen molar-refractivity contribution >= 4 is 5.97 Å². The molecular weight excluding hydrogens is 252 g/mol. The van der Waals surface area contributed by atoms with Gasteiger partial charge < -0.3 is 9.84 Å². The average Bonchev–Trinajstić information content (AvgIpc) is 2.41. The summed E-state index contributed by atoms with van der Waals surface area (Å²) < 4.78 is 5.18.